The van der Waals surface area contributed by atoms with E-state index in [4.69, 9.17) is 32.7 Å². The summed E-state index contributed by atoms with van der Waals surface area (Å²) in [6.07, 6.45) is 1.33. The van der Waals surface area contributed by atoms with Gasteiger partial charge in [0.2, 0.25) is 0 Å². The van der Waals surface area contributed by atoms with Crippen LogP contribution in [0.4, 0.5) is 0 Å². The number of aliphatic hydroxyl groups is 1. The SMILES string of the molecule is CN(C)CCOc1ccc(CN2CCC(O)(COc3ccc(Cl)c(Cl)c3)CC2)cc1. The van der Waals surface area contributed by atoms with E-state index in [2.05, 4.69) is 21.9 Å². The molecule has 164 valence electrons. The highest BCUT2D eigenvalue weighted by Gasteiger charge is 2.33. The predicted molar refractivity (Wildman–Crippen MR) is 122 cm³/mol. The molecule has 1 heterocycles. The molecule has 1 saturated heterocycles. The van der Waals surface area contributed by atoms with Crippen LogP contribution in [0.2, 0.25) is 10.0 Å². The second-order valence-corrected chi connectivity index (χ2v) is 8.98. The number of hydrogen-bond donors (Lipinski definition) is 1. The molecule has 0 bridgehead atoms. The smallest absolute Gasteiger partial charge is 0.121 e. The molecule has 0 unspecified atom stereocenters. The van der Waals surface area contributed by atoms with Gasteiger partial charge in [0.15, 0.2) is 0 Å². The summed E-state index contributed by atoms with van der Waals surface area (Å²) >= 11 is 12.0. The molecule has 1 fully saturated rings. The molecule has 0 aliphatic carbocycles. The minimum Gasteiger partial charge on any atom is -0.492 e. The van der Waals surface area contributed by atoms with Crippen molar-refractivity contribution in [3.63, 3.8) is 0 Å². The molecular formula is C23H30Cl2N2O3. The molecule has 0 amide bonds. The van der Waals surface area contributed by atoms with E-state index in [1.807, 2.05) is 26.2 Å². The van der Waals surface area contributed by atoms with Crippen LogP contribution in [0.25, 0.3) is 0 Å². The van der Waals surface area contributed by atoms with Gasteiger partial charge in [0.25, 0.3) is 0 Å². The van der Waals surface area contributed by atoms with Crippen LogP contribution in [0.3, 0.4) is 0 Å². The molecule has 7 heteroatoms. The number of benzene rings is 2. The van der Waals surface area contributed by atoms with Crippen molar-refractivity contribution < 1.29 is 14.6 Å². The maximum atomic E-state index is 10.9. The Morgan fingerprint density at radius 1 is 0.967 bits per heavy atom. The molecule has 1 N–H and O–H groups in total. The second-order valence-electron chi connectivity index (χ2n) is 8.16. The van der Waals surface area contributed by atoms with E-state index in [0.29, 0.717) is 35.2 Å². The van der Waals surface area contributed by atoms with E-state index in [9.17, 15) is 5.11 Å². The number of likely N-dealkylation sites (N-methyl/N-ethyl adjacent to an activating group) is 1. The van der Waals surface area contributed by atoms with Crippen LogP contribution in [0, 0.1) is 0 Å². The summed E-state index contributed by atoms with van der Waals surface area (Å²) in [6.45, 7) is 4.33. The Hall–Kier alpha value is -1.50. The molecule has 1 aliphatic heterocycles. The van der Waals surface area contributed by atoms with Crippen molar-refractivity contribution in [2.45, 2.75) is 25.0 Å². The van der Waals surface area contributed by atoms with Crippen LogP contribution < -0.4 is 9.47 Å². The Bertz CT molecular complexity index is 807. The molecule has 0 atom stereocenters. The number of hydrogen-bond acceptors (Lipinski definition) is 5. The van der Waals surface area contributed by atoms with Gasteiger partial charge in [-0.1, -0.05) is 35.3 Å². The standard InChI is InChI=1S/C23H30Cl2N2O3/c1-26(2)13-14-29-19-5-3-18(4-6-19)16-27-11-9-23(28,10-12-27)17-30-20-7-8-21(24)22(25)15-20/h3-8,15,28H,9-14,16-17H2,1-2H3. The van der Waals surface area contributed by atoms with Gasteiger partial charge >= 0.3 is 0 Å². The van der Waals surface area contributed by atoms with Crippen LogP contribution in [-0.4, -0.2) is 67.5 Å². The van der Waals surface area contributed by atoms with Crippen molar-refractivity contribution in [1.82, 2.24) is 9.80 Å². The monoisotopic (exact) mass is 452 g/mol. The van der Waals surface area contributed by atoms with E-state index in [0.717, 1.165) is 31.9 Å². The Kier molecular flexibility index (Phi) is 8.26. The van der Waals surface area contributed by atoms with Crippen LogP contribution in [0.5, 0.6) is 11.5 Å². The predicted octanol–water partition coefficient (Wildman–Crippen LogP) is 4.34. The highest BCUT2D eigenvalue weighted by Crippen LogP contribution is 2.29. The molecule has 30 heavy (non-hydrogen) atoms. The van der Waals surface area contributed by atoms with Crippen molar-refractivity contribution in [1.29, 1.82) is 0 Å². The van der Waals surface area contributed by atoms with Crippen molar-refractivity contribution in [2.75, 3.05) is 46.9 Å². The van der Waals surface area contributed by atoms with Gasteiger partial charge in [0.05, 0.1) is 10.0 Å². The highest BCUT2D eigenvalue weighted by molar-refractivity contribution is 6.42. The number of halogens is 2. The first-order valence-corrected chi connectivity index (χ1v) is 11.0. The van der Waals surface area contributed by atoms with Crippen LogP contribution in [-0.2, 0) is 6.54 Å². The van der Waals surface area contributed by atoms with Crippen molar-refractivity contribution in [3.8, 4) is 11.5 Å². The minimum atomic E-state index is -0.827. The van der Waals surface area contributed by atoms with Crippen molar-refractivity contribution in [2.24, 2.45) is 0 Å². The van der Waals surface area contributed by atoms with Gasteiger partial charge in [-0.05, 0) is 56.8 Å². The zero-order chi connectivity index (χ0) is 21.6. The van der Waals surface area contributed by atoms with Gasteiger partial charge in [-0.2, -0.15) is 0 Å². The first-order valence-electron chi connectivity index (χ1n) is 10.2. The summed E-state index contributed by atoms with van der Waals surface area (Å²) < 4.78 is 11.5. The van der Waals surface area contributed by atoms with E-state index < -0.39 is 5.60 Å². The lowest BCUT2D eigenvalue weighted by atomic mass is 9.92. The third-order valence-electron chi connectivity index (χ3n) is 5.32. The van der Waals surface area contributed by atoms with Gasteiger partial charge in [0.1, 0.15) is 30.3 Å². The fourth-order valence-electron chi connectivity index (χ4n) is 3.35. The maximum Gasteiger partial charge on any atom is 0.121 e. The third kappa shape index (κ3) is 7.03. The molecule has 0 spiro atoms. The van der Waals surface area contributed by atoms with E-state index >= 15 is 0 Å². The lowest BCUT2D eigenvalue weighted by molar-refractivity contribution is -0.0537. The van der Waals surface area contributed by atoms with Crippen LogP contribution >= 0.6 is 23.2 Å². The molecule has 0 saturated carbocycles. The van der Waals surface area contributed by atoms with E-state index in [1.165, 1.54) is 5.56 Å². The van der Waals surface area contributed by atoms with Gasteiger partial charge < -0.3 is 19.5 Å². The van der Waals surface area contributed by atoms with E-state index in [-0.39, 0.29) is 6.61 Å². The largest absolute Gasteiger partial charge is 0.492 e. The normalized spacial score (nSPS) is 16.6. The van der Waals surface area contributed by atoms with Gasteiger partial charge in [0, 0.05) is 32.2 Å². The topological polar surface area (TPSA) is 45.2 Å². The maximum absolute atomic E-state index is 10.9. The Balaban J connectivity index is 1.42. The quantitative estimate of drug-likeness (QED) is 0.612. The van der Waals surface area contributed by atoms with Crippen molar-refractivity contribution in [3.05, 3.63) is 58.1 Å². The summed E-state index contributed by atoms with van der Waals surface area (Å²) in [7, 11) is 4.07. The second kappa shape index (κ2) is 10.7. The number of rotatable bonds is 9. The minimum absolute atomic E-state index is 0.248. The number of likely N-dealkylation sites (tertiary alicyclic amines) is 1. The third-order valence-corrected chi connectivity index (χ3v) is 6.06. The summed E-state index contributed by atoms with van der Waals surface area (Å²) in [4.78, 5) is 4.46. The van der Waals surface area contributed by atoms with Crippen LogP contribution in [0.15, 0.2) is 42.5 Å². The number of piperidine rings is 1. The fourth-order valence-corrected chi connectivity index (χ4v) is 3.64. The van der Waals surface area contributed by atoms with Crippen LogP contribution in [0.1, 0.15) is 18.4 Å². The molecule has 2 aromatic rings. The van der Waals surface area contributed by atoms with Crippen molar-refractivity contribution >= 4 is 23.2 Å². The molecule has 1 aliphatic rings. The molecule has 0 radical (unpaired) electrons. The lowest BCUT2D eigenvalue weighted by Gasteiger charge is -2.38. The average Bonchev–Trinajstić information content (AvgIpc) is 2.72. The average molecular weight is 453 g/mol. The zero-order valence-corrected chi connectivity index (χ0v) is 19.1. The summed E-state index contributed by atoms with van der Waals surface area (Å²) in [5.74, 6) is 1.52. The molecule has 5 nitrogen and oxygen atoms in total. The molecule has 0 aromatic heterocycles. The number of nitrogens with zero attached hydrogens (tertiary/aromatic N) is 2. The lowest BCUT2D eigenvalue weighted by Crippen LogP contribution is -2.47. The Morgan fingerprint density at radius 2 is 1.63 bits per heavy atom. The highest BCUT2D eigenvalue weighted by atomic mass is 35.5. The van der Waals surface area contributed by atoms with Gasteiger partial charge in [-0.3, -0.25) is 4.90 Å². The first-order chi connectivity index (χ1) is 14.3. The summed E-state index contributed by atoms with van der Waals surface area (Å²) in [5, 5.41) is 11.8. The molecular weight excluding hydrogens is 423 g/mol. The van der Waals surface area contributed by atoms with Gasteiger partial charge in [-0.25, -0.2) is 0 Å². The number of ether oxygens (including phenoxy) is 2. The Morgan fingerprint density at radius 3 is 2.27 bits per heavy atom. The Labute approximate surface area is 189 Å². The molecule has 2 aromatic carbocycles. The van der Waals surface area contributed by atoms with Gasteiger partial charge in [-0.15, -0.1) is 0 Å². The fraction of sp³-hybridized carbons (Fsp3) is 0.478. The first kappa shape index (κ1) is 23.2. The summed E-state index contributed by atoms with van der Waals surface area (Å²) in [6, 6.07) is 13.4. The zero-order valence-electron chi connectivity index (χ0n) is 17.6. The molecule has 3 rings (SSSR count). The van der Waals surface area contributed by atoms with E-state index in [1.54, 1.807) is 18.2 Å². The summed E-state index contributed by atoms with van der Waals surface area (Å²) in [5.41, 5.74) is 0.416.